The van der Waals surface area contributed by atoms with E-state index < -0.39 is 0 Å². The molecule has 0 aliphatic heterocycles. The van der Waals surface area contributed by atoms with Crippen molar-refractivity contribution < 1.29 is 4.79 Å². The monoisotopic (exact) mass is 369 g/mol. The quantitative estimate of drug-likeness (QED) is 0.529. The zero-order chi connectivity index (χ0) is 17.1. The molecule has 0 saturated heterocycles. The average Bonchev–Trinajstić information content (AvgIpc) is 3.24. The van der Waals surface area contributed by atoms with Crippen LogP contribution < -0.4 is 5.32 Å². The number of rotatable bonds is 6. The van der Waals surface area contributed by atoms with Gasteiger partial charge < -0.3 is 5.32 Å². The van der Waals surface area contributed by atoms with Crippen LogP contribution in [0.15, 0.2) is 53.0 Å². The highest BCUT2D eigenvalue weighted by molar-refractivity contribution is 8.01. The van der Waals surface area contributed by atoms with Crippen molar-refractivity contribution in [2.45, 2.75) is 10.8 Å². The minimum absolute atomic E-state index is 0.00178. The van der Waals surface area contributed by atoms with Crippen LogP contribution >= 0.6 is 23.1 Å². The van der Waals surface area contributed by atoms with Crippen LogP contribution in [-0.2, 0) is 11.2 Å². The topological polar surface area (TPSA) is 72.2 Å². The van der Waals surface area contributed by atoms with Gasteiger partial charge in [-0.05, 0) is 24.3 Å². The van der Waals surface area contributed by atoms with Crippen molar-refractivity contribution in [3.8, 4) is 0 Å². The largest absolute Gasteiger partial charge is 0.355 e. The van der Waals surface area contributed by atoms with E-state index in [1.165, 1.54) is 11.8 Å². The van der Waals surface area contributed by atoms with Gasteiger partial charge in [-0.25, -0.2) is 4.98 Å². The molecular formula is C17H15N5OS2. The van der Waals surface area contributed by atoms with E-state index in [1.807, 2.05) is 53.1 Å². The van der Waals surface area contributed by atoms with Crippen LogP contribution in [0.4, 0.5) is 0 Å². The third kappa shape index (κ3) is 3.64. The SMILES string of the molecule is O=C(CSc1nc2ccccc2s1)NCCc1nnc2ccccn12. The number of thioether (sulfide) groups is 1. The van der Waals surface area contributed by atoms with Crippen LogP contribution in [0, 0.1) is 0 Å². The zero-order valence-corrected chi connectivity index (χ0v) is 14.9. The number of hydrogen-bond acceptors (Lipinski definition) is 6. The summed E-state index contributed by atoms with van der Waals surface area (Å²) in [4.78, 5) is 16.5. The van der Waals surface area contributed by atoms with Gasteiger partial charge in [-0.15, -0.1) is 21.5 Å². The molecule has 1 amide bonds. The summed E-state index contributed by atoms with van der Waals surface area (Å²) >= 11 is 3.08. The lowest BCUT2D eigenvalue weighted by atomic mass is 10.3. The van der Waals surface area contributed by atoms with Gasteiger partial charge in [-0.1, -0.05) is 30.0 Å². The Hall–Kier alpha value is -2.45. The first-order valence-electron chi connectivity index (χ1n) is 7.83. The number of thiazole rings is 1. The van der Waals surface area contributed by atoms with E-state index >= 15 is 0 Å². The summed E-state index contributed by atoms with van der Waals surface area (Å²) in [5.74, 6) is 1.20. The lowest BCUT2D eigenvalue weighted by Crippen LogP contribution is -2.27. The molecule has 3 heterocycles. The number of amides is 1. The predicted molar refractivity (Wildman–Crippen MR) is 100 cm³/mol. The van der Waals surface area contributed by atoms with Crippen molar-refractivity contribution in [3.63, 3.8) is 0 Å². The van der Waals surface area contributed by atoms with Crippen molar-refractivity contribution in [2.75, 3.05) is 12.3 Å². The highest BCUT2D eigenvalue weighted by Crippen LogP contribution is 2.28. The molecule has 0 bridgehead atoms. The highest BCUT2D eigenvalue weighted by atomic mass is 32.2. The third-order valence-electron chi connectivity index (χ3n) is 3.66. The summed E-state index contributed by atoms with van der Waals surface area (Å²) in [6, 6.07) is 13.8. The lowest BCUT2D eigenvalue weighted by molar-refractivity contribution is -0.118. The van der Waals surface area contributed by atoms with E-state index in [2.05, 4.69) is 20.5 Å². The van der Waals surface area contributed by atoms with Gasteiger partial charge in [-0.2, -0.15) is 0 Å². The van der Waals surface area contributed by atoms with Gasteiger partial charge in [0.1, 0.15) is 5.82 Å². The number of fused-ring (bicyclic) bond motifs is 2. The van der Waals surface area contributed by atoms with Crippen molar-refractivity contribution >= 4 is 44.9 Å². The number of aromatic nitrogens is 4. The molecule has 4 aromatic rings. The van der Waals surface area contributed by atoms with Gasteiger partial charge in [0, 0.05) is 19.2 Å². The summed E-state index contributed by atoms with van der Waals surface area (Å²) in [6.45, 7) is 0.537. The fourth-order valence-electron chi connectivity index (χ4n) is 2.47. The first-order valence-corrected chi connectivity index (χ1v) is 9.63. The van der Waals surface area contributed by atoms with Crippen molar-refractivity contribution in [1.29, 1.82) is 0 Å². The third-order valence-corrected chi connectivity index (χ3v) is 5.84. The van der Waals surface area contributed by atoms with Crippen LogP contribution in [-0.4, -0.2) is 37.8 Å². The Morgan fingerprint density at radius 3 is 2.96 bits per heavy atom. The van der Waals surface area contributed by atoms with Gasteiger partial charge in [-0.3, -0.25) is 9.20 Å². The Kier molecular flexibility index (Phi) is 4.62. The number of carbonyl (C=O) groups excluding carboxylic acids is 1. The molecule has 6 nitrogen and oxygen atoms in total. The molecule has 0 spiro atoms. The Morgan fingerprint density at radius 2 is 2.04 bits per heavy atom. The van der Waals surface area contributed by atoms with Gasteiger partial charge in [0.2, 0.25) is 5.91 Å². The van der Waals surface area contributed by atoms with Crippen LogP contribution in [0.1, 0.15) is 5.82 Å². The Bertz CT molecular complexity index is 993. The average molecular weight is 369 g/mol. The van der Waals surface area contributed by atoms with E-state index in [1.54, 1.807) is 11.3 Å². The maximum atomic E-state index is 12.0. The van der Waals surface area contributed by atoms with Crippen LogP contribution in [0.2, 0.25) is 0 Å². The van der Waals surface area contributed by atoms with E-state index in [0.29, 0.717) is 18.7 Å². The zero-order valence-electron chi connectivity index (χ0n) is 13.3. The second kappa shape index (κ2) is 7.20. The molecule has 0 saturated carbocycles. The molecule has 0 atom stereocenters. The number of benzene rings is 1. The lowest BCUT2D eigenvalue weighted by Gasteiger charge is -2.03. The first-order chi connectivity index (χ1) is 12.3. The van der Waals surface area contributed by atoms with Crippen LogP contribution in [0.25, 0.3) is 15.9 Å². The van der Waals surface area contributed by atoms with Gasteiger partial charge in [0.15, 0.2) is 9.99 Å². The summed E-state index contributed by atoms with van der Waals surface area (Å²) in [7, 11) is 0. The molecule has 8 heteroatoms. The second-order valence-corrected chi connectivity index (χ2v) is 7.63. The smallest absolute Gasteiger partial charge is 0.230 e. The fraction of sp³-hybridized carbons (Fsp3) is 0.176. The van der Waals surface area contributed by atoms with Crippen LogP contribution in [0.5, 0.6) is 0 Å². The normalized spacial score (nSPS) is 11.2. The molecule has 25 heavy (non-hydrogen) atoms. The summed E-state index contributed by atoms with van der Waals surface area (Å²) < 4.78 is 3.99. The summed E-state index contributed by atoms with van der Waals surface area (Å²) in [6.07, 6.45) is 2.57. The number of para-hydroxylation sites is 1. The molecule has 126 valence electrons. The Morgan fingerprint density at radius 1 is 1.16 bits per heavy atom. The van der Waals surface area contributed by atoms with Crippen LogP contribution in [0.3, 0.4) is 0 Å². The molecule has 0 aliphatic rings. The Balaban J connectivity index is 1.27. The number of pyridine rings is 1. The minimum atomic E-state index is -0.00178. The number of nitrogens with one attached hydrogen (secondary N) is 1. The standard InChI is InChI=1S/C17H15N5OS2/c23-16(11-24-17-19-12-5-1-2-6-13(12)25-17)18-9-8-15-21-20-14-7-3-4-10-22(14)15/h1-7,10H,8-9,11H2,(H,18,23). The Labute approximate surface area is 152 Å². The number of carbonyl (C=O) groups is 1. The van der Waals surface area contributed by atoms with Gasteiger partial charge in [0.25, 0.3) is 0 Å². The molecule has 0 aliphatic carbocycles. The molecule has 0 unspecified atom stereocenters. The maximum Gasteiger partial charge on any atom is 0.230 e. The summed E-state index contributed by atoms with van der Waals surface area (Å²) in [5.41, 5.74) is 1.80. The van der Waals surface area contributed by atoms with E-state index in [-0.39, 0.29) is 5.91 Å². The van der Waals surface area contributed by atoms with Crippen molar-refractivity contribution in [1.82, 2.24) is 24.9 Å². The molecule has 0 radical (unpaired) electrons. The highest BCUT2D eigenvalue weighted by Gasteiger charge is 2.08. The van der Waals surface area contributed by atoms with Crippen molar-refractivity contribution in [3.05, 3.63) is 54.5 Å². The van der Waals surface area contributed by atoms with E-state index in [4.69, 9.17) is 0 Å². The predicted octanol–water partition coefficient (Wildman–Crippen LogP) is 2.79. The molecule has 1 N–H and O–H groups in total. The van der Waals surface area contributed by atoms with E-state index in [9.17, 15) is 4.79 Å². The number of hydrogen-bond donors (Lipinski definition) is 1. The van der Waals surface area contributed by atoms with Gasteiger partial charge >= 0.3 is 0 Å². The molecule has 0 fully saturated rings. The second-order valence-electron chi connectivity index (χ2n) is 5.38. The van der Waals surface area contributed by atoms with Gasteiger partial charge in [0.05, 0.1) is 16.0 Å². The maximum absolute atomic E-state index is 12.0. The molecule has 1 aromatic carbocycles. The first kappa shape index (κ1) is 16.0. The fourth-order valence-corrected chi connectivity index (χ4v) is 4.36. The summed E-state index contributed by atoms with van der Waals surface area (Å²) in [5, 5.41) is 11.2. The molecule has 4 rings (SSSR count). The molecule has 3 aromatic heterocycles. The minimum Gasteiger partial charge on any atom is -0.355 e. The molecular weight excluding hydrogens is 354 g/mol. The van der Waals surface area contributed by atoms with Crippen molar-refractivity contribution in [2.24, 2.45) is 0 Å². The number of nitrogens with zero attached hydrogens (tertiary/aromatic N) is 4. The van der Waals surface area contributed by atoms with E-state index in [0.717, 1.165) is 26.0 Å².